The second kappa shape index (κ2) is 11.9. The molecule has 1 N–H and O–H groups in total. The van der Waals surface area contributed by atoms with Crippen LogP contribution in [0.15, 0.2) is 0 Å². The number of carboxylic acid groups (broad SMARTS) is 1. The fraction of sp³-hybridized carbons (Fsp3) is 0.800. The van der Waals surface area contributed by atoms with Crippen LogP contribution < -0.4 is 0 Å². The summed E-state index contributed by atoms with van der Waals surface area (Å²) >= 11 is 0. The van der Waals surface area contributed by atoms with Crippen LogP contribution in [0.1, 0.15) is 46.0 Å². The van der Waals surface area contributed by atoms with Crippen molar-refractivity contribution in [1.29, 1.82) is 0 Å². The number of ether oxygens (including phenoxy) is 1. The Labute approximate surface area is 85.3 Å². The Kier molecular flexibility index (Phi) is 13.1. The Balaban J connectivity index is 0. The van der Waals surface area contributed by atoms with Crippen LogP contribution in [0.2, 0.25) is 0 Å². The Bertz CT molecular complexity index is 150. The van der Waals surface area contributed by atoms with E-state index in [4.69, 9.17) is 9.90 Å². The number of carbonyl (C=O) groups is 2. The summed E-state index contributed by atoms with van der Waals surface area (Å²) in [5.74, 6) is -0.920. The molecule has 4 heteroatoms. The van der Waals surface area contributed by atoms with Crippen molar-refractivity contribution in [2.45, 2.75) is 46.0 Å². The third-order valence-corrected chi connectivity index (χ3v) is 1.46. The Hall–Kier alpha value is -1.06. The summed E-state index contributed by atoms with van der Waals surface area (Å²) in [6.07, 6.45) is 5.13. The summed E-state index contributed by atoms with van der Waals surface area (Å²) in [6.45, 7) is 3.23. The predicted octanol–water partition coefficient (Wildman–Crippen LogP) is 2.22. The fourth-order valence-corrected chi connectivity index (χ4v) is 0.798. The topological polar surface area (TPSA) is 63.6 Å². The lowest BCUT2D eigenvalue weighted by atomic mass is 10.2. The van der Waals surface area contributed by atoms with E-state index in [1.165, 1.54) is 20.0 Å². The van der Waals surface area contributed by atoms with Gasteiger partial charge in [-0.25, -0.2) is 0 Å². The average Bonchev–Trinajstić information content (AvgIpc) is 2.11. The quantitative estimate of drug-likeness (QED) is 0.551. The molecule has 0 fully saturated rings. The molecule has 84 valence electrons. The van der Waals surface area contributed by atoms with Gasteiger partial charge in [0, 0.05) is 13.3 Å². The standard InChI is InChI=1S/C8H16O2.C2H4O2/c1-3-4-5-6-7-8(9)10-2;1-2(3)4/h3-7H2,1-2H3;1H3,(H,3,4). The number of unbranched alkanes of at least 4 members (excludes halogenated alkanes) is 3. The van der Waals surface area contributed by atoms with Crippen LogP contribution in [0.5, 0.6) is 0 Å². The van der Waals surface area contributed by atoms with Crippen LogP contribution in [0.3, 0.4) is 0 Å². The molecule has 0 atom stereocenters. The van der Waals surface area contributed by atoms with Crippen LogP contribution in [-0.2, 0) is 14.3 Å². The molecule has 0 aromatic carbocycles. The maximum atomic E-state index is 10.6. The molecule has 0 saturated carbocycles. The van der Waals surface area contributed by atoms with Crippen molar-refractivity contribution < 1.29 is 19.4 Å². The van der Waals surface area contributed by atoms with E-state index in [9.17, 15) is 4.79 Å². The fourth-order valence-electron chi connectivity index (χ4n) is 0.798. The average molecular weight is 204 g/mol. The van der Waals surface area contributed by atoms with Gasteiger partial charge in [-0.3, -0.25) is 9.59 Å². The summed E-state index contributed by atoms with van der Waals surface area (Å²) in [5.41, 5.74) is 0. The highest BCUT2D eigenvalue weighted by molar-refractivity contribution is 5.68. The first-order valence-electron chi connectivity index (χ1n) is 4.80. The number of carbonyl (C=O) groups excluding carboxylic acids is 1. The van der Waals surface area contributed by atoms with Gasteiger partial charge in [-0.1, -0.05) is 26.2 Å². The van der Waals surface area contributed by atoms with Crippen molar-refractivity contribution in [3.8, 4) is 0 Å². The molecular weight excluding hydrogens is 184 g/mol. The van der Waals surface area contributed by atoms with Gasteiger partial charge < -0.3 is 9.84 Å². The van der Waals surface area contributed by atoms with E-state index in [1.54, 1.807) is 0 Å². The van der Waals surface area contributed by atoms with Crippen LogP contribution in [-0.4, -0.2) is 24.2 Å². The third kappa shape index (κ3) is 22.4. The zero-order chi connectivity index (χ0) is 11.4. The molecule has 0 aliphatic heterocycles. The molecule has 0 heterocycles. The van der Waals surface area contributed by atoms with Gasteiger partial charge in [0.25, 0.3) is 5.97 Å². The maximum absolute atomic E-state index is 10.6. The Morgan fingerprint density at radius 1 is 1.21 bits per heavy atom. The van der Waals surface area contributed by atoms with Crippen molar-refractivity contribution in [1.82, 2.24) is 0 Å². The maximum Gasteiger partial charge on any atom is 0.305 e. The van der Waals surface area contributed by atoms with E-state index in [2.05, 4.69) is 11.7 Å². The monoisotopic (exact) mass is 204 g/mol. The highest BCUT2D eigenvalue weighted by Gasteiger charge is 1.97. The van der Waals surface area contributed by atoms with E-state index < -0.39 is 5.97 Å². The molecule has 0 radical (unpaired) electrons. The zero-order valence-corrected chi connectivity index (χ0v) is 9.21. The molecule has 0 aromatic rings. The molecule has 0 saturated heterocycles. The largest absolute Gasteiger partial charge is 0.481 e. The number of hydrogen-bond acceptors (Lipinski definition) is 3. The summed E-state index contributed by atoms with van der Waals surface area (Å²) in [6, 6.07) is 0. The van der Waals surface area contributed by atoms with Crippen molar-refractivity contribution in [2.75, 3.05) is 7.11 Å². The van der Waals surface area contributed by atoms with Gasteiger partial charge in [0.2, 0.25) is 0 Å². The van der Waals surface area contributed by atoms with Crippen LogP contribution in [0, 0.1) is 0 Å². The molecule has 0 unspecified atom stereocenters. The number of hydrogen-bond donors (Lipinski definition) is 1. The molecule has 0 aromatic heterocycles. The minimum Gasteiger partial charge on any atom is -0.481 e. The summed E-state index contributed by atoms with van der Waals surface area (Å²) in [5, 5.41) is 7.42. The number of rotatable bonds is 5. The van der Waals surface area contributed by atoms with E-state index in [1.807, 2.05) is 0 Å². The highest BCUT2D eigenvalue weighted by Crippen LogP contribution is 2.02. The molecule has 0 aliphatic carbocycles. The van der Waals surface area contributed by atoms with Crippen LogP contribution in [0.4, 0.5) is 0 Å². The minimum atomic E-state index is -0.833. The molecule has 0 rings (SSSR count). The lowest BCUT2D eigenvalue weighted by Gasteiger charge is -1.97. The summed E-state index contributed by atoms with van der Waals surface area (Å²) in [7, 11) is 1.43. The van der Waals surface area contributed by atoms with E-state index in [0.717, 1.165) is 19.8 Å². The van der Waals surface area contributed by atoms with Crippen molar-refractivity contribution in [2.24, 2.45) is 0 Å². The van der Waals surface area contributed by atoms with Crippen LogP contribution >= 0.6 is 0 Å². The molecule has 0 spiro atoms. The van der Waals surface area contributed by atoms with Gasteiger partial charge in [0.1, 0.15) is 0 Å². The molecule has 0 aliphatic rings. The lowest BCUT2D eigenvalue weighted by molar-refractivity contribution is -0.140. The molecule has 4 nitrogen and oxygen atoms in total. The van der Waals surface area contributed by atoms with Gasteiger partial charge >= 0.3 is 5.97 Å². The Morgan fingerprint density at radius 2 is 1.71 bits per heavy atom. The summed E-state index contributed by atoms with van der Waals surface area (Å²) in [4.78, 5) is 19.6. The van der Waals surface area contributed by atoms with Gasteiger partial charge in [0.05, 0.1) is 7.11 Å². The normalized spacial score (nSPS) is 8.50. The van der Waals surface area contributed by atoms with Crippen LogP contribution in [0.25, 0.3) is 0 Å². The number of esters is 1. The van der Waals surface area contributed by atoms with E-state index in [-0.39, 0.29) is 5.97 Å². The van der Waals surface area contributed by atoms with E-state index >= 15 is 0 Å². The predicted molar refractivity (Wildman–Crippen MR) is 54.1 cm³/mol. The first-order valence-corrected chi connectivity index (χ1v) is 4.80. The van der Waals surface area contributed by atoms with Crippen molar-refractivity contribution >= 4 is 11.9 Å². The first-order chi connectivity index (χ1) is 6.54. The SMILES string of the molecule is CC(=O)O.CCCCCCC(=O)OC. The van der Waals surface area contributed by atoms with Crippen molar-refractivity contribution in [3.05, 3.63) is 0 Å². The van der Waals surface area contributed by atoms with Gasteiger partial charge in [0.15, 0.2) is 0 Å². The zero-order valence-electron chi connectivity index (χ0n) is 9.21. The van der Waals surface area contributed by atoms with Crippen molar-refractivity contribution in [3.63, 3.8) is 0 Å². The van der Waals surface area contributed by atoms with Gasteiger partial charge in [-0.2, -0.15) is 0 Å². The highest BCUT2D eigenvalue weighted by atomic mass is 16.5. The van der Waals surface area contributed by atoms with Gasteiger partial charge in [-0.15, -0.1) is 0 Å². The smallest absolute Gasteiger partial charge is 0.305 e. The summed E-state index contributed by atoms with van der Waals surface area (Å²) < 4.78 is 4.49. The number of aliphatic carboxylic acids is 1. The van der Waals surface area contributed by atoms with E-state index in [0.29, 0.717) is 6.42 Å². The Morgan fingerprint density at radius 3 is 2.07 bits per heavy atom. The van der Waals surface area contributed by atoms with Gasteiger partial charge in [-0.05, 0) is 6.42 Å². The molecular formula is C10H20O4. The molecule has 0 bridgehead atoms. The molecule has 0 amide bonds. The minimum absolute atomic E-state index is 0.0869. The second-order valence-electron chi connectivity index (χ2n) is 2.91. The number of carboxylic acids is 1. The lowest BCUT2D eigenvalue weighted by Crippen LogP contribution is -1.98. The third-order valence-electron chi connectivity index (χ3n) is 1.46. The molecule has 14 heavy (non-hydrogen) atoms. The number of methoxy groups -OCH3 is 1. The second-order valence-corrected chi connectivity index (χ2v) is 2.91. The first kappa shape index (κ1) is 15.4.